The fourth-order valence-corrected chi connectivity index (χ4v) is 1.21. The van der Waals surface area contributed by atoms with Gasteiger partial charge >= 0.3 is 0 Å². The Kier molecular flexibility index (Phi) is 1.60. The zero-order valence-electron chi connectivity index (χ0n) is 6.55. The molecule has 2 unspecified atom stereocenters. The van der Waals surface area contributed by atoms with Gasteiger partial charge in [0.1, 0.15) is 0 Å². The topological polar surface area (TPSA) is 55.1 Å². The van der Waals surface area contributed by atoms with Gasteiger partial charge in [-0.1, -0.05) is 0 Å². The number of carbonyl (C=O) groups excluding carboxylic acids is 1. The molecule has 3 N–H and O–H groups in total. The lowest BCUT2D eigenvalue weighted by Gasteiger charge is -2.01. The highest BCUT2D eigenvalue weighted by atomic mass is 16.2. The van der Waals surface area contributed by atoms with Crippen molar-refractivity contribution in [1.29, 1.82) is 0 Å². The van der Waals surface area contributed by atoms with E-state index in [4.69, 9.17) is 5.73 Å². The smallest absolute Gasteiger partial charge is 0.224 e. The van der Waals surface area contributed by atoms with E-state index in [-0.39, 0.29) is 17.9 Å². The van der Waals surface area contributed by atoms with Gasteiger partial charge < -0.3 is 11.1 Å². The highest BCUT2D eigenvalue weighted by molar-refractivity contribution is 5.82. The van der Waals surface area contributed by atoms with Crippen molar-refractivity contribution in [2.75, 3.05) is 6.54 Å². The molecular formula is C8H14N2O. The van der Waals surface area contributed by atoms with E-state index in [2.05, 4.69) is 5.32 Å². The van der Waals surface area contributed by atoms with E-state index in [1.165, 1.54) is 12.8 Å². The third kappa shape index (κ3) is 1.71. The Morgan fingerprint density at radius 1 is 1.55 bits per heavy atom. The van der Waals surface area contributed by atoms with Crippen LogP contribution in [-0.4, -0.2) is 18.5 Å². The van der Waals surface area contributed by atoms with Crippen LogP contribution in [0.5, 0.6) is 0 Å². The molecule has 0 spiro atoms. The molecule has 0 aromatic rings. The first-order valence-corrected chi connectivity index (χ1v) is 4.30. The summed E-state index contributed by atoms with van der Waals surface area (Å²) in [5, 5.41) is 2.92. The molecule has 0 saturated heterocycles. The van der Waals surface area contributed by atoms with Crippen molar-refractivity contribution in [3.8, 4) is 0 Å². The molecule has 2 fully saturated rings. The Labute approximate surface area is 66.3 Å². The molecule has 0 aromatic heterocycles. The molecule has 0 radical (unpaired) electrons. The van der Waals surface area contributed by atoms with E-state index in [0.717, 1.165) is 18.9 Å². The van der Waals surface area contributed by atoms with Gasteiger partial charge in [-0.25, -0.2) is 0 Å². The fraction of sp³-hybridized carbons (Fsp3) is 0.875. The fourth-order valence-electron chi connectivity index (χ4n) is 1.21. The maximum atomic E-state index is 11.2. The first-order valence-electron chi connectivity index (χ1n) is 4.30. The van der Waals surface area contributed by atoms with Gasteiger partial charge in [0.25, 0.3) is 0 Å². The van der Waals surface area contributed by atoms with E-state index in [1.54, 1.807) is 0 Å². The minimum Gasteiger partial charge on any atom is -0.356 e. The largest absolute Gasteiger partial charge is 0.356 e. The monoisotopic (exact) mass is 154 g/mol. The van der Waals surface area contributed by atoms with Gasteiger partial charge in [0.05, 0.1) is 5.92 Å². The number of carbonyl (C=O) groups is 1. The van der Waals surface area contributed by atoms with Gasteiger partial charge in [-0.05, 0) is 25.2 Å². The molecule has 2 aliphatic rings. The van der Waals surface area contributed by atoms with Gasteiger partial charge in [0.2, 0.25) is 5.91 Å². The maximum Gasteiger partial charge on any atom is 0.224 e. The number of amides is 1. The molecule has 0 bridgehead atoms. The molecule has 0 aliphatic heterocycles. The van der Waals surface area contributed by atoms with Crippen LogP contribution < -0.4 is 11.1 Å². The molecule has 0 aromatic carbocycles. The maximum absolute atomic E-state index is 11.2. The van der Waals surface area contributed by atoms with Crippen LogP contribution >= 0.6 is 0 Å². The van der Waals surface area contributed by atoms with E-state index < -0.39 is 0 Å². The van der Waals surface area contributed by atoms with Crippen molar-refractivity contribution >= 4 is 5.91 Å². The van der Waals surface area contributed by atoms with Crippen LogP contribution in [-0.2, 0) is 4.79 Å². The summed E-state index contributed by atoms with van der Waals surface area (Å²) >= 11 is 0. The third-order valence-corrected chi connectivity index (χ3v) is 2.44. The second-order valence-electron chi connectivity index (χ2n) is 3.69. The third-order valence-electron chi connectivity index (χ3n) is 2.44. The lowest BCUT2D eigenvalue weighted by atomic mass is 10.3. The molecular weight excluding hydrogens is 140 g/mol. The first-order chi connectivity index (χ1) is 5.27. The van der Waals surface area contributed by atoms with E-state index in [0.29, 0.717) is 0 Å². The molecule has 11 heavy (non-hydrogen) atoms. The first kappa shape index (κ1) is 7.10. The lowest BCUT2D eigenvalue weighted by molar-refractivity contribution is -0.122. The van der Waals surface area contributed by atoms with Crippen LogP contribution in [0, 0.1) is 11.8 Å². The molecule has 1 amide bonds. The number of nitrogens with two attached hydrogens (primary N) is 1. The Bertz CT molecular complexity index is 177. The normalized spacial score (nSPS) is 35.0. The molecule has 2 saturated carbocycles. The summed E-state index contributed by atoms with van der Waals surface area (Å²) < 4.78 is 0. The number of rotatable bonds is 3. The average Bonchev–Trinajstić information content (AvgIpc) is 2.78. The summed E-state index contributed by atoms with van der Waals surface area (Å²) in [6.07, 6.45) is 3.46. The van der Waals surface area contributed by atoms with Crippen molar-refractivity contribution in [2.45, 2.75) is 25.3 Å². The summed E-state index contributed by atoms with van der Waals surface area (Å²) in [5.74, 6) is 1.08. The highest BCUT2D eigenvalue weighted by Gasteiger charge is 2.40. The SMILES string of the molecule is NC1CC1C(=O)NCC1CC1. The van der Waals surface area contributed by atoms with Crippen molar-refractivity contribution in [3.63, 3.8) is 0 Å². The van der Waals surface area contributed by atoms with Gasteiger partial charge in [-0.15, -0.1) is 0 Å². The quantitative estimate of drug-likeness (QED) is 0.594. The Morgan fingerprint density at radius 3 is 2.64 bits per heavy atom. The number of hydrogen-bond acceptors (Lipinski definition) is 2. The second-order valence-corrected chi connectivity index (χ2v) is 3.69. The van der Waals surface area contributed by atoms with E-state index in [1.807, 2.05) is 0 Å². The van der Waals surface area contributed by atoms with Gasteiger partial charge in [0, 0.05) is 12.6 Å². The Balaban J connectivity index is 1.65. The molecule has 0 heterocycles. The molecule has 3 heteroatoms. The van der Waals surface area contributed by atoms with Crippen LogP contribution in [0.3, 0.4) is 0 Å². The van der Waals surface area contributed by atoms with Crippen LogP contribution in [0.4, 0.5) is 0 Å². The average molecular weight is 154 g/mol. The minimum atomic E-state index is 0.133. The predicted molar refractivity (Wildman–Crippen MR) is 41.8 cm³/mol. The van der Waals surface area contributed by atoms with Crippen LogP contribution in [0.1, 0.15) is 19.3 Å². The molecule has 3 nitrogen and oxygen atoms in total. The molecule has 2 atom stereocenters. The van der Waals surface area contributed by atoms with E-state index in [9.17, 15) is 4.79 Å². The number of nitrogens with one attached hydrogen (secondary N) is 1. The van der Waals surface area contributed by atoms with Crippen molar-refractivity contribution in [1.82, 2.24) is 5.32 Å². The van der Waals surface area contributed by atoms with Crippen molar-refractivity contribution < 1.29 is 4.79 Å². The second kappa shape index (κ2) is 2.48. The highest BCUT2D eigenvalue weighted by Crippen LogP contribution is 2.30. The van der Waals surface area contributed by atoms with Crippen LogP contribution in [0.15, 0.2) is 0 Å². The van der Waals surface area contributed by atoms with Crippen LogP contribution in [0.2, 0.25) is 0 Å². The van der Waals surface area contributed by atoms with Crippen molar-refractivity contribution in [3.05, 3.63) is 0 Å². The zero-order valence-corrected chi connectivity index (χ0v) is 6.55. The summed E-state index contributed by atoms with van der Waals surface area (Å²) in [7, 11) is 0. The summed E-state index contributed by atoms with van der Waals surface area (Å²) in [5.41, 5.74) is 5.53. The minimum absolute atomic E-state index is 0.133. The summed E-state index contributed by atoms with van der Waals surface area (Å²) in [6, 6.07) is 0.147. The summed E-state index contributed by atoms with van der Waals surface area (Å²) in [4.78, 5) is 11.2. The molecule has 62 valence electrons. The standard InChI is InChI=1S/C8H14N2O/c9-7-3-6(7)8(11)10-4-5-1-2-5/h5-7H,1-4,9H2,(H,10,11). The Morgan fingerprint density at radius 2 is 2.18 bits per heavy atom. The Hall–Kier alpha value is -0.570. The zero-order chi connectivity index (χ0) is 7.84. The lowest BCUT2D eigenvalue weighted by Crippen LogP contribution is -2.29. The predicted octanol–water partition coefficient (Wildman–Crippen LogP) is -0.140. The van der Waals surface area contributed by atoms with Gasteiger partial charge in [-0.2, -0.15) is 0 Å². The van der Waals surface area contributed by atoms with Crippen LogP contribution in [0.25, 0.3) is 0 Å². The molecule has 2 rings (SSSR count). The molecule has 2 aliphatic carbocycles. The number of hydrogen-bond donors (Lipinski definition) is 2. The summed E-state index contributed by atoms with van der Waals surface area (Å²) in [6.45, 7) is 0.877. The van der Waals surface area contributed by atoms with E-state index >= 15 is 0 Å². The van der Waals surface area contributed by atoms with Crippen molar-refractivity contribution in [2.24, 2.45) is 17.6 Å². The van der Waals surface area contributed by atoms with Gasteiger partial charge in [-0.3, -0.25) is 4.79 Å². The van der Waals surface area contributed by atoms with Gasteiger partial charge in [0.15, 0.2) is 0 Å².